The Bertz CT molecular complexity index is 316. The summed E-state index contributed by atoms with van der Waals surface area (Å²) in [5.74, 6) is 0.380. The minimum absolute atomic E-state index is 0.257. The van der Waals surface area contributed by atoms with E-state index >= 15 is 0 Å². The molecule has 18 heavy (non-hydrogen) atoms. The molecule has 102 valence electrons. The normalized spacial score (nSPS) is 34.5. The molecule has 2 bridgehead atoms. The first-order valence-corrected chi connectivity index (χ1v) is 6.94. The van der Waals surface area contributed by atoms with Crippen molar-refractivity contribution in [3.63, 3.8) is 0 Å². The van der Waals surface area contributed by atoms with Crippen molar-refractivity contribution in [2.24, 2.45) is 17.6 Å². The van der Waals surface area contributed by atoms with Crippen LogP contribution in [0, 0.1) is 11.8 Å². The lowest BCUT2D eigenvalue weighted by molar-refractivity contribution is -0.137. The number of carboxylic acids is 1. The van der Waals surface area contributed by atoms with E-state index in [4.69, 9.17) is 15.6 Å². The van der Waals surface area contributed by atoms with E-state index < -0.39 is 5.97 Å². The second kappa shape index (κ2) is 6.34. The van der Waals surface area contributed by atoms with Crippen molar-refractivity contribution in [2.75, 3.05) is 6.54 Å². The minimum Gasteiger partial charge on any atom is -0.481 e. The molecule has 0 saturated carbocycles. The smallest absolute Gasteiger partial charge is 0.303 e. The Morgan fingerprint density at radius 3 is 2.67 bits per heavy atom. The van der Waals surface area contributed by atoms with Gasteiger partial charge in [0, 0.05) is 12.3 Å². The summed E-state index contributed by atoms with van der Waals surface area (Å²) in [5.41, 5.74) is 5.83. The predicted molar refractivity (Wildman–Crippen MR) is 69.2 cm³/mol. The molecular weight excluding hydrogens is 230 g/mol. The van der Waals surface area contributed by atoms with Gasteiger partial charge in [-0.25, -0.2) is 0 Å². The Kier molecular flexibility index (Phi) is 4.78. The van der Waals surface area contributed by atoms with E-state index in [0.29, 0.717) is 24.0 Å². The van der Waals surface area contributed by atoms with Gasteiger partial charge >= 0.3 is 5.97 Å². The molecule has 0 aromatic carbocycles. The maximum absolute atomic E-state index is 10.4. The number of unbranched alkanes of at least 4 members (excludes halogenated alkanes) is 1. The fraction of sp³-hybridized carbons (Fsp3) is 0.786. The fourth-order valence-corrected chi connectivity index (χ4v) is 3.27. The predicted octanol–water partition coefficient (Wildman–Crippen LogP) is 1.94. The van der Waals surface area contributed by atoms with E-state index in [1.54, 1.807) is 0 Å². The molecule has 0 spiro atoms. The lowest BCUT2D eigenvalue weighted by Crippen LogP contribution is -2.32. The molecule has 0 unspecified atom stereocenters. The van der Waals surface area contributed by atoms with Crippen molar-refractivity contribution in [1.29, 1.82) is 0 Å². The molecule has 0 amide bonds. The first-order chi connectivity index (χ1) is 8.72. The summed E-state index contributed by atoms with van der Waals surface area (Å²) in [6, 6.07) is 0. The van der Waals surface area contributed by atoms with Crippen LogP contribution in [-0.2, 0) is 9.53 Å². The summed E-state index contributed by atoms with van der Waals surface area (Å²) < 4.78 is 5.91. The third kappa shape index (κ3) is 3.12. The summed E-state index contributed by atoms with van der Waals surface area (Å²) in [7, 11) is 0. The second-order valence-electron chi connectivity index (χ2n) is 5.35. The second-order valence-corrected chi connectivity index (χ2v) is 5.35. The fourth-order valence-electron chi connectivity index (χ4n) is 3.27. The number of carbonyl (C=O) groups is 1. The summed E-state index contributed by atoms with van der Waals surface area (Å²) in [4.78, 5) is 10.4. The van der Waals surface area contributed by atoms with Crippen LogP contribution >= 0.6 is 0 Å². The van der Waals surface area contributed by atoms with Crippen LogP contribution in [0.25, 0.3) is 0 Å². The Morgan fingerprint density at radius 1 is 1.28 bits per heavy atom. The number of rotatable bonds is 7. The lowest BCUT2D eigenvalue weighted by atomic mass is 9.77. The van der Waals surface area contributed by atoms with Gasteiger partial charge in [0.15, 0.2) is 0 Å². The van der Waals surface area contributed by atoms with Crippen molar-refractivity contribution in [3.05, 3.63) is 12.2 Å². The molecule has 4 atom stereocenters. The van der Waals surface area contributed by atoms with Crippen LogP contribution in [0.2, 0.25) is 0 Å². The number of ether oxygens (including phenoxy) is 1. The van der Waals surface area contributed by atoms with Gasteiger partial charge in [0.25, 0.3) is 0 Å². The Balaban J connectivity index is 1.69. The van der Waals surface area contributed by atoms with Crippen LogP contribution in [0.3, 0.4) is 0 Å². The van der Waals surface area contributed by atoms with Crippen molar-refractivity contribution >= 4 is 5.97 Å². The van der Waals surface area contributed by atoms with Crippen LogP contribution in [-0.4, -0.2) is 29.8 Å². The SMILES string of the molecule is NC[C@H]1[C@@H](C/C=C\CCCC(=O)O)[C@H]2CC[C@@H]1O2. The van der Waals surface area contributed by atoms with Gasteiger partial charge in [-0.15, -0.1) is 0 Å². The van der Waals surface area contributed by atoms with Gasteiger partial charge in [0.05, 0.1) is 12.2 Å². The average Bonchev–Trinajstić information content (AvgIpc) is 2.93. The molecule has 2 aliphatic heterocycles. The topological polar surface area (TPSA) is 72.6 Å². The number of aliphatic carboxylic acids is 1. The number of nitrogens with two attached hydrogens (primary N) is 1. The maximum Gasteiger partial charge on any atom is 0.303 e. The van der Waals surface area contributed by atoms with Gasteiger partial charge in [-0.05, 0) is 44.6 Å². The molecular formula is C14H23NO3. The lowest BCUT2D eigenvalue weighted by Gasteiger charge is -2.25. The third-order valence-corrected chi connectivity index (χ3v) is 4.20. The maximum atomic E-state index is 10.4. The number of fused-ring (bicyclic) bond motifs is 2. The molecule has 4 heteroatoms. The number of carboxylic acid groups (broad SMARTS) is 1. The quantitative estimate of drug-likeness (QED) is 0.537. The molecule has 2 fully saturated rings. The van der Waals surface area contributed by atoms with E-state index in [-0.39, 0.29) is 6.42 Å². The minimum atomic E-state index is -0.715. The third-order valence-electron chi connectivity index (χ3n) is 4.20. The molecule has 2 heterocycles. The first-order valence-electron chi connectivity index (χ1n) is 6.94. The highest BCUT2D eigenvalue weighted by molar-refractivity contribution is 5.66. The molecule has 2 aliphatic rings. The van der Waals surface area contributed by atoms with E-state index in [1.165, 1.54) is 12.8 Å². The standard InChI is InChI=1S/C14H23NO3/c15-9-11-10(12-7-8-13(11)18-12)5-3-1-2-4-6-14(16)17/h1,3,10-13H,2,4-9,15H2,(H,16,17)/b3-1-/t10-,11+,12-,13+/m1/s1. The number of allylic oxidation sites excluding steroid dienone is 2. The van der Waals surface area contributed by atoms with E-state index in [2.05, 4.69) is 12.2 Å². The number of hydrogen-bond acceptors (Lipinski definition) is 3. The van der Waals surface area contributed by atoms with E-state index in [1.807, 2.05) is 0 Å². The van der Waals surface area contributed by atoms with Crippen molar-refractivity contribution in [2.45, 2.75) is 50.7 Å². The van der Waals surface area contributed by atoms with Gasteiger partial charge in [0.2, 0.25) is 0 Å². The Morgan fingerprint density at radius 2 is 2.00 bits per heavy atom. The molecule has 2 rings (SSSR count). The van der Waals surface area contributed by atoms with Gasteiger partial charge in [0.1, 0.15) is 0 Å². The van der Waals surface area contributed by atoms with Gasteiger partial charge < -0.3 is 15.6 Å². The number of hydrogen-bond donors (Lipinski definition) is 2. The molecule has 0 aromatic rings. The van der Waals surface area contributed by atoms with Crippen LogP contribution in [0.1, 0.15) is 38.5 Å². The highest BCUT2D eigenvalue weighted by Crippen LogP contribution is 2.44. The highest BCUT2D eigenvalue weighted by Gasteiger charge is 2.47. The molecule has 0 aromatic heterocycles. The van der Waals surface area contributed by atoms with Gasteiger partial charge in [-0.3, -0.25) is 4.79 Å². The van der Waals surface area contributed by atoms with E-state index in [0.717, 1.165) is 25.8 Å². The Hall–Kier alpha value is -0.870. The zero-order valence-electron chi connectivity index (χ0n) is 10.8. The monoisotopic (exact) mass is 253 g/mol. The molecule has 0 radical (unpaired) electrons. The summed E-state index contributed by atoms with van der Waals surface area (Å²) in [6.45, 7) is 0.721. The van der Waals surface area contributed by atoms with Crippen LogP contribution < -0.4 is 5.73 Å². The van der Waals surface area contributed by atoms with Crippen molar-refractivity contribution in [1.82, 2.24) is 0 Å². The van der Waals surface area contributed by atoms with Crippen LogP contribution in [0.15, 0.2) is 12.2 Å². The van der Waals surface area contributed by atoms with Crippen LogP contribution in [0.5, 0.6) is 0 Å². The molecule has 2 saturated heterocycles. The first kappa shape index (κ1) is 13.6. The molecule has 0 aliphatic carbocycles. The Labute approximate surface area is 108 Å². The van der Waals surface area contributed by atoms with Gasteiger partial charge in [-0.1, -0.05) is 12.2 Å². The largest absolute Gasteiger partial charge is 0.481 e. The van der Waals surface area contributed by atoms with Crippen LogP contribution in [0.4, 0.5) is 0 Å². The summed E-state index contributed by atoms with van der Waals surface area (Å²) in [6.07, 6.45) is 10.3. The summed E-state index contributed by atoms with van der Waals surface area (Å²) in [5, 5.41) is 8.53. The van der Waals surface area contributed by atoms with Gasteiger partial charge in [-0.2, -0.15) is 0 Å². The zero-order chi connectivity index (χ0) is 13.0. The molecule has 3 N–H and O–H groups in total. The zero-order valence-corrected chi connectivity index (χ0v) is 10.8. The highest BCUT2D eigenvalue weighted by atomic mass is 16.5. The molecule has 4 nitrogen and oxygen atoms in total. The summed E-state index contributed by atoms with van der Waals surface area (Å²) >= 11 is 0. The van der Waals surface area contributed by atoms with Crippen molar-refractivity contribution in [3.8, 4) is 0 Å². The average molecular weight is 253 g/mol. The van der Waals surface area contributed by atoms with Crippen molar-refractivity contribution < 1.29 is 14.6 Å². The van der Waals surface area contributed by atoms with E-state index in [9.17, 15) is 4.79 Å².